The second-order valence-corrected chi connectivity index (χ2v) is 8.75. The van der Waals surface area contributed by atoms with Gasteiger partial charge in [0.05, 0.1) is 16.8 Å². The van der Waals surface area contributed by atoms with E-state index in [0.29, 0.717) is 0 Å². The summed E-state index contributed by atoms with van der Waals surface area (Å²) < 4.78 is 45.0. The minimum absolute atomic E-state index is 0.179. The van der Waals surface area contributed by atoms with Crippen molar-refractivity contribution >= 4 is 9.84 Å². The number of halogens is 1. The smallest absolute Gasteiger partial charge is 0.182 e. The maximum Gasteiger partial charge on any atom is 0.182 e. The highest BCUT2D eigenvalue weighted by Crippen LogP contribution is 2.63. The molecule has 134 valence electrons. The number of nitrogens with two attached hydrogens (primary N) is 1. The van der Waals surface area contributed by atoms with E-state index in [-0.39, 0.29) is 29.8 Å². The first-order valence-corrected chi connectivity index (χ1v) is 9.66. The van der Waals surface area contributed by atoms with Crippen LogP contribution in [0.5, 0.6) is 0 Å². The van der Waals surface area contributed by atoms with E-state index in [0.717, 1.165) is 11.1 Å². The lowest BCUT2D eigenvalue weighted by atomic mass is 10.00. The molecule has 1 aliphatic rings. The molecule has 6 heteroatoms. The number of methoxy groups -OCH3 is 1. The van der Waals surface area contributed by atoms with Crippen LogP contribution in [0.15, 0.2) is 53.4 Å². The largest absolute Gasteiger partial charge is 0.384 e. The topological polar surface area (TPSA) is 69.4 Å². The molecule has 25 heavy (non-hydrogen) atoms. The predicted molar refractivity (Wildman–Crippen MR) is 94.7 cm³/mol. The van der Waals surface area contributed by atoms with E-state index in [2.05, 4.69) is 0 Å². The average molecular weight is 363 g/mol. The first-order valence-electron chi connectivity index (χ1n) is 8.12. The van der Waals surface area contributed by atoms with Gasteiger partial charge in [0, 0.05) is 25.0 Å². The van der Waals surface area contributed by atoms with E-state index in [9.17, 15) is 12.8 Å². The molecule has 0 aliphatic heterocycles. The van der Waals surface area contributed by atoms with Crippen LogP contribution in [0.2, 0.25) is 0 Å². The first kappa shape index (κ1) is 18.0. The van der Waals surface area contributed by atoms with E-state index in [1.807, 2.05) is 6.92 Å². The zero-order valence-corrected chi connectivity index (χ0v) is 15.1. The van der Waals surface area contributed by atoms with Gasteiger partial charge >= 0.3 is 0 Å². The highest BCUT2D eigenvalue weighted by Gasteiger charge is 2.70. The molecule has 0 spiro atoms. The summed E-state index contributed by atoms with van der Waals surface area (Å²) in [5.41, 5.74) is 7.05. The van der Waals surface area contributed by atoms with Gasteiger partial charge in [0.15, 0.2) is 9.84 Å². The van der Waals surface area contributed by atoms with Crippen LogP contribution in [0.3, 0.4) is 0 Å². The molecule has 0 saturated heterocycles. The van der Waals surface area contributed by atoms with Gasteiger partial charge < -0.3 is 10.5 Å². The molecule has 0 aromatic heterocycles. The molecule has 0 unspecified atom stereocenters. The molecule has 2 aromatic rings. The Balaban J connectivity index is 2.05. The minimum atomic E-state index is -3.59. The molecule has 0 amide bonds. The van der Waals surface area contributed by atoms with Crippen molar-refractivity contribution in [2.45, 2.75) is 23.0 Å². The molecule has 3 atom stereocenters. The number of hydrogen-bond donors (Lipinski definition) is 1. The van der Waals surface area contributed by atoms with Gasteiger partial charge in [0.1, 0.15) is 5.82 Å². The van der Waals surface area contributed by atoms with Crippen LogP contribution < -0.4 is 5.73 Å². The van der Waals surface area contributed by atoms with Gasteiger partial charge in [-0.1, -0.05) is 29.8 Å². The third-order valence-electron chi connectivity index (χ3n) is 5.09. The Morgan fingerprint density at radius 1 is 1.12 bits per heavy atom. The predicted octanol–water partition coefficient (Wildman–Crippen LogP) is 2.67. The number of aryl methyl sites for hydroxylation is 1. The number of benzene rings is 2. The number of ether oxygens (including phenoxy) is 1. The Kier molecular flexibility index (Phi) is 4.70. The van der Waals surface area contributed by atoms with Crippen LogP contribution in [0.1, 0.15) is 17.0 Å². The molecule has 1 fully saturated rings. The van der Waals surface area contributed by atoms with Crippen LogP contribution in [-0.2, 0) is 14.6 Å². The van der Waals surface area contributed by atoms with Crippen molar-refractivity contribution in [3.05, 3.63) is 65.5 Å². The van der Waals surface area contributed by atoms with E-state index < -0.39 is 20.5 Å². The van der Waals surface area contributed by atoms with Crippen molar-refractivity contribution in [2.75, 3.05) is 20.3 Å². The Hall–Kier alpha value is -1.76. The minimum Gasteiger partial charge on any atom is -0.384 e. The molecule has 4 nitrogen and oxygen atoms in total. The van der Waals surface area contributed by atoms with Crippen molar-refractivity contribution in [1.82, 2.24) is 0 Å². The lowest BCUT2D eigenvalue weighted by Crippen LogP contribution is -2.28. The highest BCUT2D eigenvalue weighted by atomic mass is 32.2. The summed E-state index contributed by atoms with van der Waals surface area (Å²) >= 11 is 0. The standard InChI is InChI=1S/C19H22FNO3S/c1-13-3-9-16(10-4-13)25(22,23)18-17(19(18,11-21)12-24-2)14-5-7-15(20)8-6-14/h3-10,17-18H,11-12,21H2,1-2H3/t17-,18+,19-/m1/s1. The molecule has 0 bridgehead atoms. The first-order chi connectivity index (χ1) is 11.9. The summed E-state index contributed by atoms with van der Waals surface area (Å²) in [5.74, 6) is -0.670. The zero-order chi connectivity index (χ0) is 18.2. The molecule has 1 aliphatic carbocycles. The summed E-state index contributed by atoms with van der Waals surface area (Å²) in [5, 5.41) is -0.682. The SMILES string of the molecule is COC[C@]1(CN)[C@H](c2ccc(F)cc2)[C@@H]1S(=O)(=O)c1ccc(C)cc1. The van der Waals surface area contributed by atoms with Crippen molar-refractivity contribution in [3.63, 3.8) is 0 Å². The lowest BCUT2D eigenvalue weighted by molar-refractivity contribution is 0.142. The third-order valence-corrected chi connectivity index (χ3v) is 7.43. The van der Waals surface area contributed by atoms with Crippen LogP contribution in [0, 0.1) is 18.2 Å². The molecule has 2 aromatic carbocycles. The van der Waals surface area contributed by atoms with Crippen LogP contribution in [-0.4, -0.2) is 33.9 Å². The Labute approximate surface area is 147 Å². The van der Waals surface area contributed by atoms with Gasteiger partial charge in [-0.3, -0.25) is 0 Å². The van der Waals surface area contributed by atoms with Gasteiger partial charge in [-0.2, -0.15) is 0 Å². The van der Waals surface area contributed by atoms with Crippen LogP contribution in [0.25, 0.3) is 0 Å². The fourth-order valence-corrected chi connectivity index (χ4v) is 6.18. The number of rotatable bonds is 6. The van der Waals surface area contributed by atoms with Crippen molar-refractivity contribution in [3.8, 4) is 0 Å². The van der Waals surface area contributed by atoms with Crippen molar-refractivity contribution in [1.29, 1.82) is 0 Å². The summed E-state index contributed by atoms with van der Waals surface area (Å²) in [4.78, 5) is 0.279. The van der Waals surface area contributed by atoms with E-state index in [1.165, 1.54) is 19.2 Å². The van der Waals surface area contributed by atoms with Gasteiger partial charge in [0.2, 0.25) is 0 Å². The second kappa shape index (κ2) is 6.52. The van der Waals surface area contributed by atoms with Crippen molar-refractivity contribution < 1.29 is 17.5 Å². The maximum atomic E-state index is 13.3. The molecule has 2 N–H and O–H groups in total. The molecule has 0 radical (unpaired) electrons. The normalized spacial score (nSPS) is 25.8. The Bertz CT molecular complexity index is 849. The highest BCUT2D eigenvalue weighted by molar-refractivity contribution is 7.92. The lowest BCUT2D eigenvalue weighted by Gasteiger charge is -2.15. The van der Waals surface area contributed by atoms with Gasteiger partial charge in [-0.05, 0) is 36.8 Å². The molecule has 0 heterocycles. The second-order valence-electron chi connectivity index (χ2n) is 6.68. The molecule has 1 saturated carbocycles. The monoisotopic (exact) mass is 363 g/mol. The quantitative estimate of drug-likeness (QED) is 0.857. The fraction of sp³-hybridized carbons (Fsp3) is 0.368. The molecular weight excluding hydrogens is 341 g/mol. The zero-order valence-electron chi connectivity index (χ0n) is 14.3. The summed E-state index contributed by atoms with van der Waals surface area (Å²) in [6, 6.07) is 12.8. The fourth-order valence-electron chi connectivity index (χ4n) is 3.74. The van der Waals surface area contributed by atoms with Crippen molar-refractivity contribution in [2.24, 2.45) is 11.1 Å². The van der Waals surface area contributed by atoms with E-state index >= 15 is 0 Å². The maximum absolute atomic E-state index is 13.3. The van der Waals surface area contributed by atoms with Gasteiger partial charge in [0.25, 0.3) is 0 Å². The summed E-state index contributed by atoms with van der Waals surface area (Å²) in [6.07, 6.45) is 0. The number of sulfone groups is 1. The van der Waals surface area contributed by atoms with Gasteiger partial charge in [-0.25, -0.2) is 12.8 Å². The Morgan fingerprint density at radius 2 is 1.72 bits per heavy atom. The molecule has 3 rings (SSSR count). The van der Waals surface area contributed by atoms with Gasteiger partial charge in [-0.15, -0.1) is 0 Å². The summed E-state index contributed by atoms with van der Waals surface area (Å²) in [7, 11) is -2.05. The van der Waals surface area contributed by atoms with E-state index in [1.54, 1.807) is 36.4 Å². The van der Waals surface area contributed by atoms with Crippen LogP contribution >= 0.6 is 0 Å². The third kappa shape index (κ3) is 2.99. The summed E-state index contributed by atoms with van der Waals surface area (Å²) in [6.45, 7) is 2.32. The average Bonchev–Trinajstić information content (AvgIpc) is 3.26. The van der Waals surface area contributed by atoms with E-state index in [4.69, 9.17) is 10.5 Å². The Morgan fingerprint density at radius 3 is 2.24 bits per heavy atom. The molecular formula is C19H22FNO3S. The van der Waals surface area contributed by atoms with Crippen LogP contribution in [0.4, 0.5) is 4.39 Å². The number of hydrogen-bond acceptors (Lipinski definition) is 4.